The second-order valence-electron chi connectivity index (χ2n) is 5.55. The van der Waals surface area contributed by atoms with E-state index in [1.807, 2.05) is 6.92 Å². The number of benzene rings is 1. The van der Waals surface area contributed by atoms with Crippen molar-refractivity contribution in [1.29, 1.82) is 0 Å². The summed E-state index contributed by atoms with van der Waals surface area (Å²) in [7, 11) is -3.82. The average Bonchev–Trinajstić information content (AvgIpc) is 2.47. The van der Waals surface area contributed by atoms with Gasteiger partial charge in [-0.25, -0.2) is 8.42 Å². The van der Waals surface area contributed by atoms with Crippen LogP contribution >= 0.6 is 0 Å². The zero-order valence-corrected chi connectivity index (χ0v) is 12.9. The number of sulfonamides is 1. The van der Waals surface area contributed by atoms with E-state index in [1.165, 1.54) is 12.1 Å². The van der Waals surface area contributed by atoms with E-state index in [0.29, 0.717) is 12.8 Å². The van der Waals surface area contributed by atoms with Crippen molar-refractivity contribution < 1.29 is 18.3 Å². The molecule has 116 valence electrons. The minimum atomic E-state index is -3.82. The van der Waals surface area contributed by atoms with E-state index in [-0.39, 0.29) is 4.90 Å². The lowest BCUT2D eigenvalue weighted by molar-refractivity contribution is -0.145. The number of hydrogen-bond donors (Lipinski definition) is 2. The number of carbonyl (C=O) groups is 1. The Kier molecular flexibility index (Phi) is 4.68. The molecule has 0 bridgehead atoms. The molecule has 6 heteroatoms. The van der Waals surface area contributed by atoms with Crippen molar-refractivity contribution in [3.63, 3.8) is 0 Å². The molecule has 1 aromatic carbocycles. The molecule has 0 unspecified atom stereocenters. The van der Waals surface area contributed by atoms with Crippen molar-refractivity contribution in [3.8, 4) is 0 Å². The topological polar surface area (TPSA) is 83.5 Å². The normalized spacial score (nSPS) is 18.3. The molecule has 0 radical (unpaired) electrons. The van der Waals surface area contributed by atoms with E-state index >= 15 is 0 Å². The van der Waals surface area contributed by atoms with E-state index in [1.54, 1.807) is 12.1 Å². The number of rotatable bonds is 5. The molecule has 0 saturated heterocycles. The van der Waals surface area contributed by atoms with Crippen molar-refractivity contribution >= 4 is 16.0 Å². The number of aryl methyl sites for hydroxylation is 1. The first-order chi connectivity index (χ1) is 9.89. The summed E-state index contributed by atoms with van der Waals surface area (Å²) in [6, 6.07) is 6.56. The predicted molar refractivity (Wildman–Crippen MR) is 79.6 cm³/mol. The Hall–Kier alpha value is -1.40. The van der Waals surface area contributed by atoms with E-state index in [2.05, 4.69) is 4.72 Å². The minimum Gasteiger partial charge on any atom is -0.480 e. The standard InChI is InChI=1S/C15H21NO4S/c1-2-12-6-8-13(9-7-12)21(19,20)16-15(14(17)18)10-4-3-5-11-15/h6-9,16H,2-5,10-11H2,1H3,(H,17,18). The van der Waals surface area contributed by atoms with Gasteiger partial charge >= 0.3 is 5.97 Å². The van der Waals surface area contributed by atoms with Crippen LogP contribution in [0.4, 0.5) is 0 Å². The molecule has 1 aliphatic carbocycles. The van der Waals surface area contributed by atoms with Crippen LogP contribution in [-0.4, -0.2) is 25.0 Å². The Balaban J connectivity index is 2.27. The Morgan fingerprint density at radius 2 is 1.76 bits per heavy atom. The number of carboxylic acids is 1. The van der Waals surface area contributed by atoms with Crippen LogP contribution < -0.4 is 4.72 Å². The molecule has 1 fully saturated rings. The van der Waals surface area contributed by atoms with Gasteiger partial charge in [-0.05, 0) is 37.0 Å². The van der Waals surface area contributed by atoms with Gasteiger partial charge in [0.25, 0.3) is 0 Å². The summed E-state index contributed by atoms with van der Waals surface area (Å²) in [6.45, 7) is 1.99. The van der Waals surface area contributed by atoms with Gasteiger partial charge in [-0.2, -0.15) is 4.72 Å². The fourth-order valence-corrected chi connectivity index (χ4v) is 4.15. The monoisotopic (exact) mass is 311 g/mol. The first-order valence-electron chi connectivity index (χ1n) is 7.26. The zero-order chi connectivity index (χ0) is 15.5. The number of hydrogen-bond acceptors (Lipinski definition) is 3. The molecule has 1 aromatic rings. The van der Waals surface area contributed by atoms with Crippen LogP contribution in [0.25, 0.3) is 0 Å². The second kappa shape index (κ2) is 6.15. The second-order valence-corrected chi connectivity index (χ2v) is 7.23. The molecule has 1 saturated carbocycles. The van der Waals surface area contributed by atoms with Gasteiger partial charge in [-0.15, -0.1) is 0 Å². The van der Waals surface area contributed by atoms with Crippen LogP contribution in [0.15, 0.2) is 29.2 Å². The maximum Gasteiger partial charge on any atom is 0.324 e. The summed E-state index contributed by atoms with van der Waals surface area (Å²) < 4.78 is 27.3. The molecule has 5 nitrogen and oxygen atoms in total. The molecule has 0 spiro atoms. The Bertz CT molecular complexity index is 601. The molecule has 1 aliphatic rings. The third-order valence-corrected chi connectivity index (χ3v) is 5.64. The van der Waals surface area contributed by atoms with Crippen LogP contribution in [0.3, 0.4) is 0 Å². The highest BCUT2D eigenvalue weighted by Crippen LogP contribution is 2.30. The van der Waals surface area contributed by atoms with E-state index in [9.17, 15) is 18.3 Å². The van der Waals surface area contributed by atoms with E-state index < -0.39 is 21.5 Å². The van der Waals surface area contributed by atoms with Gasteiger partial charge < -0.3 is 5.11 Å². The van der Waals surface area contributed by atoms with Gasteiger partial charge in [0.1, 0.15) is 5.54 Å². The minimum absolute atomic E-state index is 0.117. The first-order valence-corrected chi connectivity index (χ1v) is 8.74. The average molecular weight is 311 g/mol. The van der Waals surface area contributed by atoms with Gasteiger partial charge in [0.15, 0.2) is 0 Å². The fraction of sp³-hybridized carbons (Fsp3) is 0.533. The third kappa shape index (κ3) is 3.44. The summed E-state index contributed by atoms with van der Waals surface area (Å²) in [4.78, 5) is 11.7. The molecular formula is C15H21NO4S. The summed E-state index contributed by atoms with van der Waals surface area (Å²) in [5.74, 6) is -1.09. The van der Waals surface area contributed by atoms with Gasteiger partial charge in [0.05, 0.1) is 4.90 Å². The lowest BCUT2D eigenvalue weighted by Gasteiger charge is -2.33. The Morgan fingerprint density at radius 3 is 2.24 bits per heavy atom. The molecule has 0 atom stereocenters. The fourth-order valence-electron chi connectivity index (χ4n) is 2.74. The van der Waals surface area contributed by atoms with Gasteiger partial charge in [0, 0.05) is 0 Å². The maximum absolute atomic E-state index is 12.4. The van der Waals surface area contributed by atoms with Gasteiger partial charge in [-0.1, -0.05) is 38.3 Å². The maximum atomic E-state index is 12.4. The van der Waals surface area contributed by atoms with Crippen molar-refractivity contribution in [2.24, 2.45) is 0 Å². The number of nitrogens with one attached hydrogen (secondary N) is 1. The smallest absolute Gasteiger partial charge is 0.324 e. The highest BCUT2D eigenvalue weighted by atomic mass is 32.2. The van der Waals surface area contributed by atoms with Crippen LogP contribution in [0, 0.1) is 0 Å². The molecule has 0 heterocycles. The SMILES string of the molecule is CCc1ccc(S(=O)(=O)NC2(C(=O)O)CCCCC2)cc1. The summed E-state index contributed by atoms with van der Waals surface area (Å²) in [6.07, 6.45) is 3.91. The lowest BCUT2D eigenvalue weighted by atomic mass is 9.83. The quantitative estimate of drug-likeness (QED) is 0.874. The first kappa shape index (κ1) is 16.0. The molecule has 0 aromatic heterocycles. The summed E-state index contributed by atoms with van der Waals surface area (Å²) >= 11 is 0. The van der Waals surface area contributed by atoms with Gasteiger partial charge in [-0.3, -0.25) is 4.79 Å². The summed E-state index contributed by atoms with van der Waals surface area (Å²) in [5.41, 5.74) is -0.319. The van der Waals surface area contributed by atoms with Crippen molar-refractivity contribution in [1.82, 2.24) is 4.72 Å². The molecule has 21 heavy (non-hydrogen) atoms. The zero-order valence-electron chi connectivity index (χ0n) is 12.1. The Labute approximate surface area is 125 Å². The van der Waals surface area contributed by atoms with E-state index in [4.69, 9.17) is 0 Å². The van der Waals surface area contributed by atoms with Crippen LogP contribution in [0.1, 0.15) is 44.6 Å². The molecule has 0 amide bonds. The molecule has 0 aliphatic heterocycles. The van der Waals surface area contributed by atoms with E-state index in [0.717, 1.165) is 31.2 Å². The van der Waals surface area contributed by atoms with Crippen LogP contribution in [0.2, 0.25) is 0 Å². The highest BCUT2D eigenvalue weighted by molar-refractivity contribution is 7.89. The third-order valence-electron chi connectivity index (χ3n) is 4.09. The molecule has 2 N–H and O–H groups in total. The van der Waals surface area contributed by atoms with Crippen molar-refractivity contribution in [2.75, 3.05) is 0 Å². The summed E-state index contributed by atoms with van der Waals surface area (Å²) in [5, 5.41) is 9.45. The van der Waals surface area contributed by atoms with Crippen LogP contribution in [-0.2, 0) is 21.2 Å². The van der Waals surface area contributed by atoms with Crippen LogP contribution in [0.5, 0.6) is 0 Å². The molecule has 2 rings (SSSR count). The number of aliphatic carboxylic acids is 1. The van der Waals surface area contributed by atoms with Crippen molar-refractivity contribution in [3.05, 3.63) is 29.8 Å². The lowest BCUT2D eigenvalue weighted by Crippen LogP contribution is -2.55. The highest BCUT2D eigenvalue weighted by Gasteiger charge is 2.43. The number of carboxylic acid groups (broad SMARTS) is 1. The largest absolute Gasteiger partial charge is 0.480 e. The Morgan fingerprint density at radius 1 is 1.19 bits per heavy atom. The molecular weight excluding hydrogens is 290 g/mol. The van der Waals surface area contributed by atoms with Crippen molar-refractivity contribution in [2.45, 2.75) is 55.9 Å². The van der Waals surface area contributed by atoms with Gasteiger partial charge in [0.2, 0.25) is 10.0 Å². The predicted octanol–water partition coefficient (Wildman–Crippen LogP) is 2.31.